The largest absolute Gasteiger partial charge is 0.458 e. The number of para-hydroxylation sites is 4. The standard InChI is InChI=1S/C37H24BNO2/c1-23-20-24(18-19-30(23)39-31-14-6-2-10-26(31)27-11-3-7-15-32(27)39)25-21-35-37-36(22-25)41-34-17-9-5-13-29(34)38(37)28-12-4-8-16-33(28)40-35/h2-22H,1H3. The van der Waals surface area contributed by atoms with Crippen LogP contribution in [0.4, 0.5) is 0 Å². The van der Waals surface area contributed by atoms with E-state index in [9.17, 15) is 0 Å². The zero-order chi connectivity index (χ0) is 27.1. The van der Waals surface area contributed by atoms with Gasteiger partial charge in [0.15, 0.2) is 0 Å². The summed E-state index contributed by atoms with van der Waals surface area (Å²) in [5.41, 5.74) is 10.5. The lowest BCUT2D eigenvalue weighted by atomic mass is 9.35. The first kappa shape index (κ1) is 22.6. The van der Waals surface area contributed by atoms with Gasteiger partial charge in [0, 0.05) is 21.9 Å². The molecule has 1 aromatic heterocycles. The normalized spacial score (nSPS) is 12.9. The number of nitrogens with zero attached hydrogens (tertiary/aromatic N) is 1. The van der Waals surface area contributed by atoms with E-state index in [4.69, 9.17) is 9.47 Å². The highest BCUT2D eigenvalue weighted by atomic mass is 16.5. The molecule has 3 nitrogen and oxygen atoms in total. The van der Waals surface area contributed by atoms with Crippen LogP contribution in [0.2, 0.25) is 0 Å². The van der Waals surface area contributed by atoms with Crippen LogP contribution >= 0.6 is 0 Å². The zero-order valence-electron chi connectivity index (χ0n) is 22.5. The summed E-state index contributed by atoms with van der Waals surface area (Å²) in [6.45, 7) is 2.28. The first-order chi connectivity index (χ1) is 20.2. The Labute approximate surface area is 238 Å². The molecule has 3 heterocycles. The third-order valence-electron chi connectivity index (χ3n) is 8.64. The van der Waals surface area contributed by atoms with Gasteiger partial charge in [-0.05, 0) is 83.1 Å². The number of fused-ring (bicyclic) bond motifs is 7. The molecule has 6 aromatic carbocycles. The fraction of sp³-hybridized carbons (Fsp3) is 0.0270. The molecule has 0 fully saturated rings. The van der Waals surface area contributed by atoms with Gasteiger partial charge in [0.2, 0.25) is 0 Å². The van der Waals surface area contributed by atoms with E-state index in [1.54, 1.807) is 0 Å². The van der Waals surface area contributed by atoms with Crippen molar-refractivity contribution in [2.75, 3.05) is 0 Å². The monoisotopic (exact) mass is 525 g/mol. The predicted octanol–water partition coefficient (Wildman–Crippen LogP) is 7.49. The average molecular weight is 525 g/mol. The van der Waals surface area contributed by atoms with Gasteiger partial charge in [0.05, 0.1) is 11.0 Å². The Bertz CT molecular complexity index is 2070. The summed E-state index contributed by atoms with van der Waals surface area (Å²) < 4.78 is 15.4. The van der Waals surface area contributed by atoms with E-state index in [2.05, 4.69) is 127 Å². The van der Waals surface area contributed by atoms with Gasteiger partial charge in [-0.25, -0.2) is 0 Å². The van der Waals surface area contributed by atoms with Crippen molar-refractivity contribution in [3.63, 3.8) is 0 Å². The Morgan fingerprint density at radius 2 is 1.05 bits per heavy atom. The van der Waals surface area contributed by atoms with Gasteiger partial charge in [-0.1, -0.05) is 78.9 Å². The molecule has 0 bridgehead atoms. The number of hydrogen-bond donors (Lipinski definition) is 0. The van der Waals surface area contributed by atoms with Crippen molar-refractivity contribution in [3.05, 3.63) is 133 Å². The van der Waals surface area contributed by atoms with Gasteiger partial charge < -0.3 is 14.0 Å². The molecule has 9 rings (SSSR count). The van der Waals surface area contributed by atoms with Gasteiger partial charge in [-0.2, -0.15) is 0 Å². The van der Waals surface area contributed by atoms with Crippen LogP contribution in [-0.2, 0) is 0 Å². The summed E-state index contributed by atoms with van der Waals surface area (Å²) in [7, 11) is 0. The van der Waals surface area contributed by atoms with Gasteiger partial charge in [-0.3, -0.25) is 0 Å². The Balaban J connectivity index is 1.21. The van der Waals surface area contributed by atoms with Crippen molar-refractivity contribution in [3.8, 4) is 39.8 Å². The van der Waals surface area contributed by atoms with Crippen LogP contribution in [0.3, 0.4) is 0 Å². The van der Waals surface area contributed by atoms with Gasteiger partial charge in [0.1, 0.15) is 23.0 Å². The molecule has 0 aliphatic carbocycles. The van der Waals surface area contributed by atoms with Crippen LogP contribution in [0, 0.1) is 6.92 Å². The molecule has 0 radical (unpaired) electrons. The summed E-state index contributed by atoms with van der Waals surface area (Å²) in [5, 5.41) is 2.54. The van der Waals surface area contributed by atoms with Crippen LogP contribution in [0.1, 0.15) is 5.56 Å². The van der Waals surface area contributed by atoms with Crippen molar-refractivity contribution >= 4 is 44.9 Å². The van der Waals surface area contributed by atoms with E-state index in [0.717, 1.165) is 39.6 Å². The molecule has 2 aliphatic heterocycles. The van der Waals surface area contributed by atoms with E-state index >= 15 is 0 Å². The second-order valence-corrected chi connectivity index (χ2v) is 11.0. The Hall–Kier alpha value is -5.22. The lowest BCUT2D eigenvalue weighted by Crippen LogP contribution is -2.57. The Kier molecular flexibility index (Phi) is 4.62. The average Bonchev–Trinajstić information content (AvgIpc) is 3.35. The van der Waals surface area contributed by atoms with E-state index in [-0.39, 0.29) is 6.71 Å². The number of aromatic nitrogens is 1. The minimum atomic E-state index is 0.0864. The van der Waals surface area contributed by atoms with Crippen molar-refractivity contribution in [2.45, 2.75) is 6.92 Å². The lowest BCUT2D eigenvalue weighted by Gasteiger charge is -2.33. The molecule has 4 heteroatoms. The minimum Gasteiger partial charge on any atom is -0.458 e. The third-order valence-corrected chi connectivity index (χ3v) is 8.64. The number of aryl methyl sites for hydroxylation is 1. The SMILES string of the molecule is Cc1cc(-c2cc3c4c(c2)Oc2ccccc2B4c2ccccc2O3)ccc1-n1c2ccccc2c2ccccc21. The van der Waals surface area contributed by atoms with Crippen molar-refractivity contribution < 1.29 is 9.47 Å². The number of hydrogen-bond acceptors (Lipinski definition) is 2. The molecular formula is C37H24BNO2. The number of rotatable bonds is 2. The van der Waals surface area contributed by atoms with E-state index in [0.29, 0.717) is 0 Å². The first-order valence-electron chi connectivity index (χ1n) is 14.1. The maximum absolute atomic E-state index is 6.53. The summed E-state index contributed by atoms with van der Waals surface area (Å²) in [6, 6.07) is 45.1. The molecule has 0 unspecified atom stereocenters. The molecule has 0 N–H and O–H groups in total. The van der Waals surface area contributed by atoms with Crippen molar-refractivity contribution in [1.82, 2.24) is 4.57 Å². The van der Waals surface area contributed by atoms with Gasteiger partial charge in [0.25, 0.3) is 6.71 Å². The summed E-state index contributed by atoms with van der Waals surface area (Å²) in [6.07, 6.45) is 0. The molecule has 0 spiro atoms. The first-order valence-corrected chi connectivity index (χ1v) is 14.1. The van der Waals surface area contributed by atoms with Gasteiger partial charge in [-0.15, -0.1) is 0 Å². The third kappa shape index (κ3) is 3.22. The maximum Gasteiger partial charge on any atom is 0.260 e. The second-order valence-electron chi connectivity index (χ2n) is 11.0. The van der Waals surface area contributed by atoms with Crippen LogP contribution in [0.25, 0.3) is 38.6 Å². The fourth-order valence-corrected chi connectivity index (χ4v) is 6.83. The zero-order valence-corrected chi connectivity index (χ0v) is 22.5. The topological polar surface area (TPSA) is 23.4 Å². The van der Waals surface area contributed by atoms with Crippen LogP contribution < -0.4 is 25.9 Å². The summed E-state index contributed by atoms with van der Waals surface area (Å²) in [5.74, 6) is 3.53. The van der Waals surface area contributed by atoms with Crippen molar-refractivity contribution in [1.29, 1.82) is 0 Å². The lowest BCUT2D eigenvalue weighted by molar-refractivity contribution is 0.465. The highest BCUT2D eigenvalue weighted by molar-refractivity contribution is 6.98. The number of benzene rings is 6. The molecule has 0 amide bonds. The molecule has 0 saturated carbocycles. The summed E-state index contributed by atoms with van der Waals surface area (Å²) in [4.78, 5) is 0. The van der Waals surface area contributed by atoms with Crippen LogP contribution in [0.5, 0.6) is 23.0 Å². The van der Waals surface area contributed by atoms with E-state index in [1.165, 1.54) is 44.0 Å². The number of ether oxygens (including phenoxy) is 2. The quantitative estimate of drug-likeness (QED) is 0.219. The maximum atomic E-state index is 6.53. The molecular weight excluding hydrogens is 501 g/mol. The highest BCUT2D eigenvalue weighted by Gasteiger charge is 2.40. The molecule has 41 heavy (non-hydrogen) atoms. The molecule has 0 atom stereocenters. The fourth-order valence-electron chi connectivity index (χ4n) is 6.83. The van der Waals surface area contributed by atoms with Crippen LogP contribution in [0.15, 0.2) is 127 Å². The molecule has 0 saturated heterocycles. The summed E-state index contributed by atoms with van der Waals surface area (Å²) >= 11 is 0. The predicted molar refractivity (Wildman–Crippen MR) is 169 cm³/mol. The van der Waals surface area contributed by atoms with Gasteiger partial charge >= 0.3 is 0 Å². The second kappa shape index (κ2) is 8.39. The minimum absolute atomic E-state index is 0.0864. The van der Waals surface area contributed by atoms with Crippen LogP contribution in [-0.4, -0.2) is 11.3 Å². The Morgan fingerprint density at radius 1 is 0.512 bits per heavy atom. The smallest absolute Gasteiger partial charge is 0.260 e. The van der Waals surface area contributed by atoms with E-state index < -0.39 is 0 Å². The van der Waals surface area contributed by atoms with Crippen molar-refractivity contribution in [2.24, 2.45) is 0 Å². The Morgan fingerprint density at radius 3 is 1.63 bits per heavy atom. The molecule has 192 valence electrons. The molecule has 7 aromatic rings. The molecule has 2 aliphatic rings. The van der Waals surface area contributed by atoms with E-state index in [1.807, 2.05) is 12.1 Å². The highest BCUT2D eigenvalue weighted by Crippen LogP contribution is 2.39.